The van der Waals surface area contributed by atoms with Gasteiger partial charge in [-0.05, 0) is 40.2 Å². The maximum atomic E-state index is 5.40. The van der Waals surface area contributed by atoms with E-state index in [1.165, 1.54) is 0 Å². The van der Waals surface area contributed by atoms with Crippen molar-refractivity contribution >= 4 is 0 Å². The van der Waals surface area contributed by atoms with Crippen LogP contribution in [0.15, 0.2) is 0 Å². The van der Waals surface area contributed by atoms with E-state index in [1.54, 1.807) is 7.11 Å². The highest BCUT2D eigenvalue weighted by molar-refractivity contribution is 4.85. The SMILES string of the molecule is C#CCCCC(CC(C)(C)OC)NC. The van der Waals surface area contributed by atoms with Gasteiger partial charge < -0.3 is 10.1 Å². The van der Waals surface area contributed by atoms with Crippen LogP contribution in [0.1, 0.15) is 39.5 Å². The van der Waals surface area contributed by atoms with Crippen LogP contribution < -0.4 is 5.32 Å². The van der Waals surface area contributed by atoms with Crippen molar-refractivity contribution in [3.63, 3.8) is 0 Å². The zero-order valence-corrected chi connectivity index (χ0v) is 9.89. The lowest BCUT2D eigenvalue weighted by atomic mass is 9.95. The number of rotatable bonds is 7. The van der Waals surface area contributed by atoms with Crippen molar-refractivity contribution in [1.29, 1.82) is 0 Å². The number of unbranched alkanes of at least 4 members (excludes halogenated alkanes) is 1. The molecule has 0 saturated heterocycles. The summed E-state index contributed by atoms with van der Waals surface area (Å²) in [6, 6.07) is 0.498. The first-order chi connectivity index (χ1) is 6.55. The van der Waals surface area contributed by atoms with Gasteiger partial charge in [-0.15, -0.1) is 12.3 Å². The number of hydrogen-bond acceptors (Lipinski definition) is 2. The van der Waals surface area contributed by atoms with Crippen molar-refractivity contribution < 1.29 is 4.74 Å². The van der Waals surface area contributed by atoms with Gasteiger partial charge >= 0.3 is 0 Å². The van der Waals surface area contributed by atoms with E-state index in [0.29, 0.717) is 6.04 Å². The van der Waals surface area contributed by atoms with Gasteiger partial charge in [-0.1, -0.05) is 0 Å². The van der Waals surface area contributed by atoms with Crippen molar-refractivity contribution in [2.75, 3.05) is 14.2 Å². The van der Waals surface area contributed by atoms with Gasteiger partial charge in [0.05, 0.1) is 5.60 Å². The van der Waals surface area contributed by atoms with Crippen molar-refractivity contribution in [1.82, 2.24) is 5.32 Å². The van der Waals surface area contributed by atoms with Crippen LogP contribution in [-0.4, -0.2) is 25.8 Å². The lowest BCUT2D eigenvalue weighted by molar-refractivity contribution is 0.00689. The van der Waals surface area contributed by atoms with E-state index in [2.05, 4.69) is 25.1 Å². The summed E-state index contributed by atoms with van der Waals surface area (Å²) in [5, 5.41) is 3.30. The Morgan fingerprint density at radius 1 is 1.50 bits per heavy atom. The van der Waals surface area contributed by atoms with Crippen LogP contribution in [0.2, 0.25) is 0 Å². The largest absolute Gasteiger partial charge is 0.379 e. The average molecular weight is 197 g/mol. The van der Waals surface area contributed by atoms with E-state index in [9.17, 15) is 0 Å². The van der Waals surface area contributed by atoms with Gasteiger partial charge in [0.25, 0.3) is 0 Å². The van der Waals surface area contributed by atoms with Crippen molar-refractivity contribution in [2.24, 2.45) is 0 Å². The second-order valence-corrected chi connectivity index (χ2v) is 4.25. The van der Waals surface area contributed by atoms with Gasteiger partial charge in [0, 0.05) is 19.6 Å². The fourth-order valence-corrected chi connectivity index (χ4v) is 1.48. The molecule has 2 nitrogen and oxygen atoms in total. The van der Waals surface area contributed by atoms with Crippen LogP contribution in [0.3, 0.4) is 0 Å². The minimum absolute atomic E-state index is 0.0518. The van der Waals surface area contributed by atoms with Gasteiger partial charge in [-0.2, -0.15) is 0 Å². The quantitative estimate of drug-likeness (QED) is 0.499. The number of nitrogens with one attached hydrogen (secondary N) is 1. The molecule has 1 N–H and O–H groups in total. The van der Waals surface area contributed by atoms with Gasteiger partial charge in [0.1, 0.15) is 0 Å². The first-order valence-electron chi connectivity index (χ1n) is 5.21. The highest BCUT2D eigenvalue weighted by Crippen LogP contribution is 2.18. The summed E-state index contributed by atoms with van der Waals surface area (Å²) in [7, 11) is 3.75. The van der Waals surface area contributed by atoms with Crippen molar-refractivity contribution in [2.45, 2.75) is 51.2 Å². The predicted molar refractivity (Wildman–Crippen MR) is 61.2 cm³/mol. The average Bonchev–Trinajstić information content (AvgIpc) is 2.16. The molecule has 0 rings (SSSR count). The Bertz CT molecular complexity index is 181. The number of terminal acetylenes is 1. The fourth-order valence-electron chi connectivity index (χ4n) is 1.48. The highest BCUT2D eigenvalue weighted by atomic mass is 16.5. The maximum Gasteiger partial charge on any atom is 0.0637 e. The summed E-state index contributed by atoms with van der Waals surface area (Å²) in [4.78, 5) is 0. The van der Waals surface area contributed by atoms with Gasteiger partial charge in [0.15, 0.2) is 0 Å². The van der Waals surface area contributed by atoms with E-state index in [1.807, 2.05) is 7.05 Å². The van der Waals surface area contributed by atoms with E-state index in [-0.39, 0.29) is 5.60 Å². The summed E-state index contributed by atoms with van der Waals surface area (Å²) < 4.78 is 5.40. The molecule has 2 heteroatoms. The molecule has 0 aromatic carbocycles. The first-order valence-corrected chi connectivity index (χ1v) is 5.21. The summed E-state index contributed by atoms with van der Waals surface area (Å²) in [5.41, 5.74) is -0.0518. The molecule has 0 saturated carbocycles. The molecule has 0 aliphatic carbocycles. The minimum Gasteiger partial charge on any atom is -0.379 e. The third-order valence-corrected chi connectivity index (χ3v) is 2.57. The molecule has 82 valence electrons. The molecule has 0 amide bonds. The predicted octanol–water partition coefficient (Wildman–Crippen LogP) is 2.19. The molecule has 0 aromatic rings. The van der Waals surface area contributed by atoms with Crippen LogP contribution in [0.25, 0.3) is 0 Å². The Balaban J connectivity index is 3.85. The van der Waals surface area contributed by atoms with Crippen LogP contribution in [0, 0.1) is 12.3 Å². The fraction of sp³-hybridized carbons (Fsp3) is 0.833. The van der Waals surface area contributed by atoms with Crippen LogP contribution >= 0.6 is 0 Å². The molecular weight excluding hydrogens is 174 g/mol. The number of methoxy groups -OCH3 is 1. The van der Waals surface area contributed by atoms with Crippen LogP contribution in [0.5, 0.6) is 0 Å². The zero-order valence-electron chi connectivity index (χ0n) is 9.89. The van der Waals surface area contributed by atoms with E-state index < -0.39 is 0 Å². The Morgan fingerprint density at radius 2 is 2.14 bits per heavy atom. The Hall–Kier alpha value is -0.520. The summed E-state index contributed by atoms with van der Waals surface area (Å²) in [6.45, 7) is 4.22. The van der Waals surface area contributed by atoms with Crippen LogP contribution in [-0.2, 0) is 4.74 Å². The molecule has 0 spiro atoms. The van der Waals surface area contributed by atoms with Crippen molar-refractivity contribution in [3.05, 3.63) is 0 Å². The second-order valence-electron chi connectivity index (χ2n) is 4.25. The summed E-state index contributed by atoms with van der Waals surface area (Å²) in [5.74, 6) is 2.66. The van der Waals surface area contributed by atoms with E-state index in [0.717, 1.165) is 25.7 Å². The molecular formula is C12H23NO. The molecule has 0 aliphatic rings. The third kappa shape index (κ3) is 6.01. The first kappa shape index (κ1) is 13.5. The molecule has 0 aliphatic heterocycles. The monoisotopic (exact) mass is 197 g/mol. The smallest absolute Gasteiger partial charge is 0.0637 e. The number of hydrogen-bond donors (Lipinski definition) is 1. The van der Waals surface area contributed by atoms with Gasteiger partial charge in [0.2, 0.25) is 0 Å². The maximum absolute atomic E-state index is 5.40. The molecule has 0 aromatic heterocycles. The molecule has 1 unspecified atom stereocenters. The van der Waals surface area contributed by atoms with Crippen LogP contribution in [0.4, 0.5) is 0 Å². The minimum atomic E-state index is -0.0518. The lowest BCUT2D eigenvalue weighted by Crippen LogP contribution is -2.35. The Kier molecular flexibility index (Phi) is 6.61. The molecule has 0 heterocycles. The second kappa shape index (κ2) is 6.86. The topological polar surface area (TPSA) is 21.3 Å². The molecule has 0 radical (unpaired) electrons. The van der Waals surface area contributed by atoms with Crippen molar-refractivity contribution in [3.8, 4) is 12.3 Å². The Morgan fingerprint density at radius 3 is 2.57 bits per heavy atom. The highest BCUT2D eigenvalue weighted by Gasteiger charge is 2.21. The van der Waals surface area contributed by atoms with E-state index >= 15 is 0 Å². The van der Waals surface area contributed by atoms with Gasteiger partial charge in [-0.25, -0.2) is 0 Å². The molecule has 1 atom stereocenters. The normalized spacial score (nSPS) is 13.6. The Labute approximate surface area is 88.4 Å². The number of ether oxygens (including phenoxy) is 1. The third-order valence-electron chi connectivity index (χ3n) is 2.57. The zero-order chi connectivity index (χ0) is 11.0. The summed E-state index contributed by atoms with van der Waals surface area (Å²) in [6.07, 6.45) is 9.30. The summed E-state index contributed by atoms with van der Waals surface area (Å²) >= 11 is 0. The molecule has 0 fully saturated rings. The lowest BCUT2D eigenvalue weighted by Gasteiger charge is -2.28. The molecule has 14 heavy (non-hydrogen) atoms. The standard InChI is InChI=1S/C12H23NO/c1-6-7-8-9-11(13-4)10-12(2,3)14-5/h1,11,13H,7-10H2,2-5H3. The molecule has 0 bridgehead atoms. The van der Waals surface area contributed by atoms with E-state index in [4.69, 9.17) is 11.2 Å². The van der Waals surface area contributed by atoms with Gasteiger partial charge in [-0.3, -0.25) is 0 Å².